The lowest BCUT2D eigenvalue weighted by Gasteiger charge is -2.37. The molecular weight excluding hydrogens is 626 g/mol. The number of anilines is 2. The Morgan fingerprint density at radius 1 is 0.936 bits per heavy atom. The highest BCUT2D eigenvalue weighted by Crippen LogP contribution is 2.40. The van der Waals surface area contributed by atoms with E-state index in [4.69, 9.17) is 28.9 Å². The first-order valence-corrected chi connectivity index (χ1v) is 19.1. The molecule has 0 bridgehead atoms. The molecule has 1 amide bonds. The fourth-order valence-electron chi connectivity index (χ4n) is 5.38. The minimum absolute atomic E-state index is 0.0246. The van der Waals surface area contributed by atoms with E-state index in [1.807, 2.05) is 30.6 Å². The molecule has 1 aromatic carbocycles. The number of para-hydroxylation sites is 1. The van der Waals surface area contributed by atoms with Crippen molar-refractivity contribution in [3.63, 3.8) is 0 Å². The average Bonchev–Trinajstić information content (AvgIpc) is 3.41. The minimum atomic E-state index is -2.89. The number of carbonyl (C=O) groups is 1. The van der Waals surface area contributed by atoms with Crippen molar-refractivity contribution in [1.29, 1.82) is 0 Å². The first-order valence-electron chi connectivity index (χ1n) is 16.2. The third-order valence-electron chi connectivity index (χ3n) is 9.11. The van der Waals surface area contributed by atoms with E-state index in [2.05, 4.69) is 38.8 Å². The van der Waals surface area contributed by atoms with Crippen molar-refractivity contribution in [1.82, 2.24) is 29.4 Å². The van der Waals surface area contributed by atoms with E-state index in [0.29, 0.717) is 80.9 Å². The number of benzene rings is 1. The summed E-state index contributed by atoms with van der Waals surface area (Å²) in [4.78, 5) is 37.1. The molecule has 0 N–H and O–H groups in total. The predicted octanol–water partition coefficient (Wildman–Crippen LogP) is 6.20. The van der Waals surface area contributed by atoms with Gasteiger partial charge in [0, 0.05) is 39.3 Å². The second-order valence-corrected chi connectivity index (χ2v) is 19.5. The van der Waals surface area contributed by atoms with Crippen LogP contribution in [0.25, 0.3) is 17.0 Å². The maximum atomic E-state index is 14.7. The fourth-order valence-corrected chi connectivity index (χ4v) is 6.40. The zero-order valence-electron chi connectivity index (χ0n) is 29.0. The number of piperidine rings is 1. The number of rotatable bonds is 7. The minimum Gasteiger partial charge on any atom is -0.542 e. The second-order valence-electron chi connectivity index (χ2n) is 14.7. The highest BCUT2D eigenvalue weighted by molar-refractivity contribution is 6.74. The molecule has 2 fully saturated rings. The zero-order valence-corrected chi connectivity index (χ0v) is 30.0. The quantitative estimate of drug-likeness (QED) is 0.269. The van der Waals surface area contributed by atoms with E-state index in [1.54, 1.807) is 30.1 Å². The van der Waals surface area contributed by atoms with Crippen LogP contribution in [0.2, 0.25) is 18.1 Å². The number of hydrogen-bond donors (Lipinski definition) is 0. The van der Waals surface area contributed by atoms with Crippen LogP contribution in [0.5, 0.6) is 5.75 Å². The Hall–Kier alpha value is -3.59. The van der Waals surface area contributed by atoms with E-state index in [9.17, 15) is 13.6 Å². The number of fused-ring (bicyclic) bond motifs is 1. The smallest absolute Gasteiger partial charge is 0.410 e. The summed E-state index contributed by atoms with van der Waals surface area (Å²) < 4.78 is 48.5. The van der Waals surface area contributed by atoms with E-state index in [0.717, 1.165) is 0 Å². The van der Waals surface area contributed by atoms with Crippen molar-refractivity contribution in [2.45, 2.75) is 90.6 Å². The van der Waals surface area contributed by atoms with Crippen LogP contribution in [-0.4, -0.2) is 102 Å². The Kier molecular flexibility index (Phi) is 9.71. The number of amides is 1. The molecule has 258 valence electrons. The molecule has 0 saturated carbocycles. The molecule has 0 radical (unpaired) electrons. The van der Waals surface area contributed by atoms with Crippen LogP contribution in [0.1, 0.15) is 66.6 Å². The van der Waals surface area contributed by atoms with Gasteiger partial charge in [-0.3, -0.25) is 4.57 Å². The number of aromatic nitrogens is 5. The van der Waals surface area contributed by atoms with Crippen LogP contribution < -0.4 is 14.2 Å². The maximum absolute atomic E-state index is 14.7. The van der Waals surface area contributed by atoms with Crippen molar-refractivity contribution in [2.24, 2.45) is 0 Å². The Balaban J connectivity index is 1.53. The molecule has 12 nitrogen and oxygen atoms in total. The third-order valence-corrected chi connectivity index (χ3v) is 13.5. The van der Waals surface area contributed by atoms with Crippen molar-refractivity contribution >= 4 is 37.3 Å². The average molecular weight is 675 g/mol. The van der Waals surface area contributed by atoms with Gasteiger partial charge in [0.2, 0.25) is 17.8 Å². The number of morpholine rings is 1. The molecule has 2 saturated heterocycles. The van der Waals surface area contributed by atoms with Crippen LogP contribution in [-0.2, 0) is 9.47 Å². The van der Waals surface area contributed by atoms with Crippen LogP contribution in [0.3, 0.4) is 0 Å². The predicted molar refractivity (Wildman–Crippen MR) is 180 cm³/mol. The van der Waals surface area contributed by atoms with Crippen molar-refractivity contribution in [2.75, 3.05) is 56.2 Å². The number of ether oxygens (including phenoxy) is 2. The van der Waals surface area contributed by atoms with E-state index < -0.39 is 26.2 Å². The highest BCUT2D eigenvalue weighted by Gasteiger charge is 2.40. The molecule has 2 aliphatic heterocycles. The molecule has 0 aliphatic carbocycles. The van der Waals surface area contributed by atoms with Crippen LogP contribution in [0, 0.1) is 0 Å². The molecule has 2 aromatic heterocycles. The maximum Gasteiger partial charge on any atom is 0.410 e. The lowest BCUT2D eigenvalue weighted by Crippen LogP contribution is -2.47. The van der Waals surface area contributed by atoms with Crippen LogP contribution in [0.15, 0.2) is 18.2 Å². The molecule has 4 heterocycles. The van der Waals surface area contributed by atoms with Gasteiger partial charge in [-0.1, -0.05) is 26.8 Å². The Bertz CT molecular complexity index is 1580. The molecule has 15 heteroatoms. The number of nitrogens with zero attached hydrogens (tertiary/aromatic N) is 8. The number of halogens is 2. The normalized spacial score (nSPS) is 17.0. The molecule has 47 heavy (non-hydrogen) atoms. The molecule has 0 spiro atoms. The fraction of sp³-hybridized carbons (Fsp3) is 0.656. The van der Waals surface area contributed by atoms with Gasteiger partial charge in [0.1, 0.15) is 16.9 Å². The van der Waals surface area contributed by atoms with Crippen LogP contribution >= 0.6 is 0 Å². The summed E-state index contributed by atoms with van der Waals surface area (Å²) in [5.41, 5.74) is 0.183. The molecular formula is C32H48F2N8O4Si. The van der Waals surface area contributed by atoms with Gasteiger partial charge in [0.25, 0.3) is 14.7 Å². The van der Waals surface area contributed by atoms with Gasteiger partial charge >= 0.3 is 6.09 Å². The zero-order chi connectivity index (χ0) is 34.3. The standard InChI is InChI=1S/C32H48F2N8O4Si/c1-31(2,3)45-30(43)39(7)21-13-15-40(16-14-21)27-36-28(41-17-19-44-20-18-41)38-29(37-27)42-22-11-10-12-23(24(22)35-26(42)25(33)34)46-47(8,9)32(4,5)6/h10-12,21,25H,13-20H2,1-9H3. The van der Waals surface area contributed by atoms with Gasteiger partial charge in [-0.25, -0.2) is 18.6 Å². The summed E-state index contributed by atoms with van der Waals surface area (Å²) >= 11 is 0. The molecule has 2 aliphatic rings. The van der Waals surface area contributed by atoms with Crippen molar-refractivity contribution in [3.05, 3.63) is 24.0 Å². The molecule has 3 aromatic rings. The summed E-state index contributed by atoms with van der Waals surface area (Å²) in [6, 6.07) is 5.28. The molecule has 0 unspecified atom stereocenters. The Morgan fingerprint density at radius 2 is 1.51 bits per heavy atom. The summed E-state index contributed by atoms with van der Waals surface area (Å²) in [7, 11) is -0.554. The first-order chi connectivity index (χ1) is 21.9. The van der Waals surface area contributed by atoms with Gasteiger partial charge in [-0.15, -0.1) is 0 Å². The van der Waals surface area contributed by atoms with Gasteiger partial charge in [0.05, 0.1) is 18.7 Å². The third kappa shape index (κ3) is 7.61. The Labute approximate surface area is 276 Å². The number of carbonyl (C=O) groups excluding carboxylic acids is 1. The molecule has 0 atom stereocenters. The first kappa shape index (κ1) is 34.7. The van der Waals surface area contributed by atoms with Crippen molar-refractivity contribution in [3.8, 4) is 11.7 Å². The topological polar surface area (TPSA) is 111 Å². The van der Waals surface area contributed by atoms with E-state index in [-0.39, 0.29) is 23.1 Å². The second kappa shape index (κ2) is 13.1. The summed E-state index contributed by atoms with van der Waals surface area (Å²) in [6.07, 6.45) is -1.94. The van der Waals surface area contributed by atoms with Crippen LogP contribution in [0.4, 0.5) is 25.5 Å². The van der Waals surface area contributed by atoms with Gasteiger partial charge in [-0.2, -0.15) is 15.0 Å². The van der Waals surface area contributed by atoms with E-state index in [1.165, 1.54) is 4.57 Å². The summed E-state index contributed by atoms with van der Waals surface area (Å²) in [5.74, 6) is 0.831. The Morgan fingerprint density at radius 3 is 2.06 bits per heavy atom. The highest BCUT2D eigenvalue weighted by atomic mass is 28.4. The summed E-state index contributed by atoms with van der Waals surface area (Å²) in [6.45, 7) is 19.4. The van der Waals surface area contributed by atoms with Gasteiger partial charge in [0.15, 0.2) is 5.82 Å². The van der Waals surface area contributed by atoms with Gasteiger partial charge < -0.3 is 28.6 Å². The molecule has 5 rings (SSSR count). The van der Waals surface area contributed by atoms with Gasteiger partial charge in [-0.05, 0) is 63.9 Å². The monoisotopic (exact) mass is 674 g/mol. The number of imidazole rings is 1. The SMILES string of the molecule is CN(C(=O)OC(C)(C)C)C1CCN(c2nc(N3CCOCC3)nc(-n3c(C(F)F)nc4c(O[Si](C)(C)C(C)(C)C)cccc43)n2)CC1. The van der Waals surface area contributed by atoms with Crippen molar-refractivity contribution < 1.29 is 27.5 Å². The lowest BCUT2D eigenvalue weighted by molar-refractivity contribution is 0.0200. The van der Waals surface area contributed by atoms with E-state index >= 15 is 0 Å². The lowest BCUT2D eigenvalue weighted by atomic mass is 10.0. The summed E-state index contributed by atoms with van der Waals surface area (Å²) in [5, 5.41) is -0.103. The number of hydrogen-bond acceptors (Lipinski definition) is 10. The number of alkyl halides is 2. The largest absolute Gasteiger partial charge is 0.542 e.